The van der Waals surface area contributed by atoms with E-state index in [-0.39, 0.29) is 0 Å². The van der Waals surface area contributed by atoms with E-state index in [4.69, 9.17) is 11.6 Å². The molecule has 0 saturated carbocycles. The maximum absolute atomic E-state index is 5.98. The highest BCUT2D eigenvalue weighted by Gasteiger charge is 2.10. The molecule has 1 aromatic heterocycles. The second kappa shape index (κ2) is 6.27. The maximum Gasteiger partial charge on any atom is 0.0931 e. The van der Waals surface area contributed by atoms with Gasteiger partial charge >= 0.3 is 0 Å². The van der Waals surface area contributed by atoms with Crippen LogP contribution in [0.25, 0.3) is 0 Å². The third kappa shape index (κ3) is 3.41. The normalized spacial score (nSPS) is 14.6. The van der Waals surface area contributed by atoms with E-state index in [0.717, 1.165) is 36.9 Å². The van der Waals surface area contributed by atoms with Gasteiger partial charge in [-0.2, -0.15) is 0 Å². The lowest BCUT2D eigenvalue weighted by Crippen LogP contribution is -2.24. The SMILES string of the molecule is CN(Cc1ccc2c(c1)CNCC2)Cc1ccc(Cl)s1. The van der Waals surface area contributed by atoms with Crippen LogP contribution in [0.1, 0.15) is 21.6 Å². The average Bonchev–Trinajstić information content (AvgIpc) is 2.83. The number of halogens is 1. The minimum atomic E-state index is 0.869. The number of fused-ring (bicyclic) bond motifs is 1. The molecule has 2 nitrogen and oxygen atoms in total. The van der Waals surface area contributed by atoms with Gasteiger partial charge in [0, 0.05) is 24.5 Å². The van der Waals surface area contributed by atoms with Crippen LogP contribution >= 0.6 is 22.9 Å². The van der Waals surface area contributed by atoms with Gasteiger partial charge in [-0.3, -0.25) is 4.90 Å². The number of rotatable bonds is 4. The molecule has 0 bridgehead atoms. The fourth-order valence-electron chi connectivity index (χ4n) is 2.70. The Morgan fingerprint density at radius 2 is 2.10 bits per heavy atom. The third-order valence-corrected chi connectivity index (χ3v) is 4.88. The van der Waals surface area contributed by atoms with E-state index in [1.165, 1.54) is 21.6 Å². The number of hydrogen-bond acceptors (Lipinski definition) is 3. The third-order valence-electron chi connectivity index (χ3n) is 3.66. The first-order chi connectivity index (χ1) is 9.70. The van der Waals surface area contributed by atoms with Gasteiger partial charge in [-0.25, -0.2) is 0 Å². The monoisotopic (exact) mass is 306 g/mol. The van der Waals surface area contributed by atoms with Crippen molar-refractivity contribution in [2.75, 3.05) is 13.6 Å². The molecule has 1 aromatic carbocycles. The quantitative estimate of drug-likeness (QED) is 0.927. The fourth-order valence-corrected chi connectivity index (χ4v) is 3.87. The van der Waals surface area contributed by atoms with E-state index < -0.39 is 0 Å². The summed E-state index contributed by atoms with van der Waals surface area (Å²) in [4.78, 5) is 3.65. The summed E-state index contributed by atoms with van der Waals surface area (Å²) in [6.07, 6.45) is 1.15. The molecule has 1 aliphatic rings. The molecule has 2 aromatic rings. The molecule has 0 amide bonds. The first-order valence-corrected chi connectivity index (χ1v) is 8.14. The van der Waals surface area contributed by atoms with Crippen molar-refractivity contribution in [1.82, 2.24) is 10.2 Å². The standard InChI is InChI=1S/C16H19ClN2S/c1-19(11-15-4-5-16(17)20-15)10-12-2-3-13-6-7-18-9-14(13)8-12/h2-5,8,18H,6-7,9-11H2,1H3. The molecule has 0 spiro atoms. The van der Waals surface area contributed by atoms with E-state index >= 15 is 0 Å². The van der Waals surface area contributed by atoms with Gasteiger partial charge in [-0.05, 0) is 48.8 Å². The minimum Gasteiger partial charge on any atom is -0.312 e. The Morgan fingerprint density at radius 1 is 1.20 bits per heavy atom. The van der Waals surface area contributed by atoms with Crippen molar-refractivity contribution in [3.05, 3.63) is 56.2 Å². The first kappa shape index (κ1) is 14.1. The maximum atomic E-state index is 5.98. The Kier molecular flexibility index (Phi) is 4.41. The van der Waals surface area contributed by atoms with Crippen LogP contribution in [0.4, 0.5) is 0 Å². The van der Waals surface area contributed by atoms with Crippen LogP contribution in [0.5, 0.6) is 0 Å². The summed E-state index contributed by atoms with van der Waals surface area (Å²) in [6.45, 7) is 4.04. The predicted octanol–water partition coefficient (Wildman–Crippen LogP) is 3.68. The van der Waals surface area contributed by atoms with Crippen LogP contribution in [0.15, 0.2) is 30.3 Å². The molecule has 0 aliphatic carbocycles. The lowest BCUT2D eigenvalue weighted by atomic mass is 9.98. The average molecular weight is 307 g/mol. The summed E-state index contributed by atoms with van der Waals surface area (Å²) < 4.78 is 0.869. The Morgan fingerprint density at radius 3 is 2.90 bits per heavy atom. The van der Waals surface area contributed by atoms with Crippen LogP contribution in [0, 0.1) is 0 Å². The topological polar surface area (TPSA) is 15.3 Å². The fraction of sp³-hybridized carbons (Fsp3) is 0.375. The van der Waals surface area contributed by atoms with Crippen molar-refractivity contribution >= 4 is 22.9 Å². The molecule has 1 N–H and O–H groups in total. The lowest BCUT2D eigenvalue weighted by molar-refractivity contribution is 0.322. The number of nitrogens with one attached hydrogen (secondary N) is 1. The highest BCUT2D eigenvalue weighted by atomic mass is 35.5. The van der Waals surface area contributed by atoms with Crippen LogP contribution in [-0.4, -0.2) is 18.5 Å². The van der Waals surface area contributed by atoms with E-state index in [2.05, 4.69) is 41.5 Å². The molecule has 0 radical (unpaired) electrons. The van der Waals surface area contributed by atoms with Gasteiger partial charge < -0.3 is 5.32 Å². The van der Waals surface area contributed by atoms with Crippen molar-refractivity contribution in [1.29, 1.82) is 0 Å². The molecule has 3 rings (SSSR count). The first-order valence-electron chi connectivity index (χ1n) is 6.95. The summed E-state index contributed by atoms with van der Waals surface area (Å²) in [5.41, 5.74) is 4.35. The summed E-state index contributed by atoms with van der Waals surface area (Å²) >= 11 is 7.64. The highest BCUT2D eigenvalue weighted by molar-refractivity contribution is 7.16. The van der Waals surface area contributed by atoms with Gasteiger partial charge in [0.2, 0.25) is 0 Å². The summed E-state index contributed by atoms with van der Waals surface area (Å²) in [6, 6.07) is 11.0. The van der Waals surface area contributed by atoms with Crippen molar-refractivity contribution in [2.45, 2.75) is 26.1 Å². The van der Waals surface area contributed by atoms with Crippen molar-refractivity contribution in [3.63, 3.8) is 0 Å². The Hall–Kier alpha value is -0.870. The van der Waals surface area contributed by atoms with Gasteiger partial charge in [0.25, 0.3) is 0 Å². The van der Waals surface area contributed by atoms with Gasteiger partial charge in [0.1, 0.15) is 0 Å². The molecular weight excluding hydrogens is 288 g/mol. The predicted molar refractivity (Wildman–Crippen MR) is 86.4 cm³/mol. The molecule has 106 valence electrons. The van der Waals surface area contributed by atoms with Gasteiger partial charge in [0.05, 0.1) is 4.34 Å². The molecule has 4 heteroatoms. The molecular formula is C16H19ClN2S. The van der Waals surface area contributed by atoms with E-state index in [1.807, 2.05) is 6.07 Å². The summed E-state index contributed by atoms with van der Waals surface area (Å²) in [5, 5.41) is 3.44. The molecule has 0 unspecified atom stereocenters. The van der Waals surface area contributed by atoms with Crippen LogP contribution in [0.3, 0.4) is 0 Å². The summed E-state index contributed by atoms with van der Waals surface area (Å²) in [7, 11) is 2.16. The smallest absolute Gasteiger partial charge is 0.0931 e. The van der Waals surface area contributed by atoms with Crippen molar-refractivity contribution < 1.29 is 0 Å². The second-order valence-electron chi connectivity index (χ2n) is 5.41. The Bertz CT molecular complexity index is 594. The zero-order valence-electron chi connectivity index (χ0n) is 11.7. The number of thiophene rings is 1. The largest absolute Gasteiger partial charge is 0.312 e. The second-order valence-corrected chi connectivity index (χ2v) is 7.21. The Balaban J connectivity index is 1.65. The van der Waals surface area contributed by atoms with E-state index in [1.54, 1.807) is 11.3 Å². The van der Waals surface area contributed by atoms with Crippen LogP contribution in [-0.2, 0) is 26.1 Å². The molecule has 1 aliphatic heterocycles. The minimum absolute atomic E-state index is 0.869. The molecule has 2 heterocycles. The highest BCUT2D eigenvalue weighted by Crippen LogP contribution is 2.23. The molecule has 0 atom stereocenters. The molecule has 0 saturated heterocycles. The molecule has 0 fully saturated rings. The van der Waals surface area contributed by atoms with Crippen molar-refractivity contribution in [2.24, 2.45) is 0 Å². The summed E-state index contributed by atoms with van der Waals surface area (Å²) in [5.74, 6) is 0. The lowest BCUT2D eigenvalue weighted by Gasteiger charge is -2.20. The van der Waals surface area contributed by atoms with E-state index in [9.17, 15) is 0 Å². The zero-order valence-corrected chi connectivity index (χ0v) is 13.2. The van der Waals surface area contributed by atoms with Crippen LogP contribution < -0.4 is 5.32 Å². The number of hydrogen-bond donors (Lipinski definition) is 1. The number of nitrogens with zero attached hydrogens (tertiary/aromatic N) is 1. The van der Waals surface area contributed by atoms with Gasteiger partial charge in [-0.15, -0.1) is 11.3 Å². The van der Waals surface area contributed by atoms with Crippen LogP contribution in [0.2, 0.25) is 4.34 Å². The van der Waals surface area contributed by atoms with Gasteiger partial charge in [-0.1, -0.05) is 29.8 Å². The number of benzene rings is 1. The van der Waals surface area contributed by atoms with E-state index in [0.29, 0.717) is 0 Å². The van der Waals surface area contributed by atoms with Crippen molar-refractivity contribution in [3.8, 4) is 0 Å². The molecule has 20 heavy (non-hydrogen) atoms. The van der Waals surface area contributed by atoms with Gasteiger partial charge in [0.15, 0.2) is 0 Å². The zero-order chi connectivity index (χ0) is 13.9. The Labute approximate surface area is 129 Å².